The molecule has 0 amide bonds. The largest absolute Gasteiger partial charge is 0.506 e. The highest BCUT2D eigenvalue weighted by Gasteiger charge is 2.04. The summed E-state index contributed by atoms with van der Waals surface area (Å²) in [5, 5.41) is 13.3. The van der Waals surface area contributed by atoms with E-state index in [-0.39, 0.29) is 5.75 Å². The van der Waals surface area contributed by atoms with Gasteiger partial charge in [-0.1, -0.05) is 23.7 Å². The van der Waals surface area contributed by atoms with Crippen molar-refractivity contribution < 1.29 is 5.11 Å². The van der Waals surface area contributed by atoms with E-state index in [1.807, 2.05) is 31.2 Å². The number of rotatable bonds is 3. The molecule has 0 spiro atoms. The zero-order valence-corrected chi connectivity index (χ0v) is 10.2. The average molecular weight is 249 g/mol. The van der Waals surface area contributed by atoms with E-state index < -0.39 is 0 Å². The maximum absolute atomic E-state index is 9.73. The van der Waals surface area contributed by atoms with Crippen LogP contribution in [0.25, 0.3) is 0 Å². The first kappa shape index (κ1) is 11.7. The first-order valence-corrected chi connectivity index (χ1v) is 5.67. The van der Waals surface area contributed by atoms with Crippen LogP contribution >= 0.6 is 11.6 Å². The fourth-order valence-corrected chi connectivity index (χ4v) is 1.67. The molecule has 1 heterocycles. The molecule has 0 unspecified atom stereocenters. The van der Waals surface area contributed by atoms with Crippen molar-refractivity contribution in [3.8, 4) is 5.75 Å². The quantitative estimate of drug-likeness (QED) is 0.876. The minimum absolute atomic E-state index is 0.127. The van der Waals surface area contributed by atoms with Crippen LogP contribution in [0.5, 0.6) is 5.75 Å². The summed E-state index contributed by atoms with van der Waals surface area (Å²) in [6.07, 6.45) is 1.76. The van der Waals surface area contributed by atoms with Crippen molar-refractivity contribution in [1.29, 1.82) is 0 Å². The SMILES string of the molecule is Cc1ccc(NCc2cccc(Cl)c2O)cn1. The lowest BCUT2D eigenvalue weighted by molar-refractivity contribution is 0.469. The van der Waals surface area contributed by atoms with Crippen molar-refractivity contribution in [2.75, 3.05) is 5.32 Å². The lowest BCUT2D eigenvalue weighted by Gasteiger charge is -2.08. The number of phenols is 1. The first-order valence-electron chi connectivity index (χ1n) is 5.29. The predicted molar refractivity (Wildman–Crippen MR) is 69.4 cm³/mol. The number of halogens is 1. The fraction of sp³-hybridized carbons (Fsp3) is 0.154. The molecule has 2 rings (SSSR count). The molecule has 1 aromatic carbocycles. The summed E-state index contributed by atoms with van der Waals surface area (Å²) < 4.78 is 0. The number of nitrogens with zero attached hydrogens (tertiary/aromatic N) is 1. The molecule has 0 saturated heterocycles. The Labute approximate surface area is 105 Å². The predicted octanol–water partition coefficient (Wildman–Crippen LogP) is 3.36. The van der Waals surface area contributed by atoms with E-state index in [1.54, 1.807) is 12.3 Å². The highest BCUT2D eigenvalue weighted by atomic mass is 35.5. The molecule has 2 N–H and O–H groups in total. The van der Waals surface area contributed by atoms with Crippen molar-refractivity contribution >= 4 is 17.3 Å². The molecule has 0 aliphatic rings. The van der Waals surface area contributed by atoms with Crippen LogP contribution in [0.3, 0.4) is 0 Å². The highest BCUT2D eigenvalue weighted by molar-refractivity contribution is 6.32. The molecule has 0 fully saturated rings. The average Bonchev–Trinajstić information content (AvgIpc) is 2.33. The van der Waals surface area contributed by atoms with Gasteiger partial charge < -0.3 is 10.4 Å². The van der Waals surface area contributed by atoms with Crippen LogP contribution in [0.4, 0.5) is 5.69 Å². The fourth-order valence-electron chi connectivity index (χ4n) is 1.47. The number of anilines is 1. The third-order valence-electron chi connectivity index (χ3n) is 2.46. The Morgan fingerprint density at radius 2 is 2.12 bits per heavy atom. The number of phenolic OH excluding ortho intramolecular Hbond substituents is 1. The minimum Gasteiger partial charge on any atom is -0.506 e. The van der Waals surface area contributed by atoms with Crippen LogP contribution < -0.4 is 5.32 Å². The number of aryl methyl sites for hydroxylation is 1. The molecule has 2 aromatic rings. The molecule has 0 aliphatic heterocycles. The molecular formula is C13H13ClN2O. The number of benzene rings is 1. The number of para-hydroxylation sites is 1. The van der Waals surface area contributed by atoms with Crippen LogP contribution in [0, 0.1) is 6.92 Å². The normalized spacial score (nSPS) is 10.2. The van der Waals surface area contributed by atoms with Crippen molar-refractivity contribution in [1.82, 2.24) is 4.98 Å². The Hall–Kier alpha value is -1.74. The molecule has 88 valence electrons. The summed E-state index contributed by atoms with van der Waals surface area (Å²) >= 11 is 5.83. The maximum atomic E-state index is 9.73. The standard InChI is InChI=1S/C13H13ClN2O/c1-9-5-6-11(8-15-9)16-7-10-3-2-4-12(14)13(10)17/h2-6,8,16-17H,7H2,1H3. The summed E-state index contributed by atoms with van der Waals surface area (Å²) in [5.41, 5.74) is 2.65. The topological polar surface area (TPSA) is 45.1 Å². The third kappa shape index (κ3) is 2.88. The zero-order valence-electron chi connectivity index (χ0n) is 9.44. The molecule has 0 aliphatic carbocycles. The minimum atomic E-state index is 0.127. The van der Waals surface area contributed by atoms with Crippen molar-refractivity contribution in [2.24, 2.45) is 0 Å². The van der Waals surface area contributed by atoms with Crippen molar-refractivity contribution in [2.45, 2.75) is 13.5 Å². The summed E-state index contributed by atoms with van der Waals surface area (Å²) in [5.74, 6) is 0.127. The third-order valence-corrected chi connectivity index (χ3v) is 2.77. The van der Waals surface area contributed by atoms with Gasteiger partial charge in [-0.15, -0.1) is 0 Å². The van der Waals surface area contributed by atoms with Gasteiger partial charge in [0.2, 0.25) is 0 Å². The number of aromatic nitrogens is 1. The van der Waals surface area contributed by atoms with Crippen molar-refractivity contribution in [3.63, 3.8) is 0 Å². The van der Waals surface area contributed by atoms with Gasteiger partial charge in [0.05, 0.1) is 16.9 Å². The summed E-state index contributed by atoms with van der Waals surface area (Å²) in [6, 6.07) is 9.18. The Balaban J connectivity index is 2.07. The summed E-state index contributed by atoms with van der Waals surface area (Å²) in [4.78, 5) is 4.18. The number of pyridine rings is 1. The monoisotopic (exact) mass is 248 g/mol. The highest BCUT2D eigenvalue weighted by Crippen LogP contribution is 2.27. The van der Waals surface area contributed by atoms with E-state index >= 15 is 0 Å². The van der Waals surface area contributed by atoms with Gasteiger partial charge in [0, 0.05) is 17.8 Å². The van der Waals surface area contributed by atoms with Crippen molar-refractivity contribution in [3.05, 3.63) is 52.8 Å². The van der Waals surface area contributed by atoms with Gasteiger partial charge in [-0.3, -0.25) is 4.98 Å². The van der Waals surface area contributed by atoms with Crippen LogP contribution in [0.1, 0.15) is 11.3 Å². The molecule has 17 heavy (non-hydrogen) atoms. The van der Waals surface area contributed by atoms with Crippen LogP contribution in [0.15, 0.2) is 36.5 Å². The molecule has 0 atom stereocenters. The van der Waals surface area contributed by atoms with Gasteiger partial charge in [0.1, 0.15) is 5.75 Å². The van der Waals surface area contributed by atoms with Crippen LogP contribution in [-0.4, -0.2) is 10.1 Å². The second kappa shape index (κ2) is 5.06. The van der Waals surface area contributed by atoms with E-state index in [0.717, 1.165) is 16.9 Å². The summed E-state index contributed by atoms with van der Waals surface area (Å²) in [6.45, 7) is 2.45. The first-order chi connectivity index (χ1) is 8.16. The van der Waals surface area contributed by atoms with E-state index in [9.17, 15) is 5.11 Å². The van der Waals surface area contributed by atoms with E-state index in [0.29, 0.717) is 11.6 Å². The summed E-state index contributed by atoms with van der Waals surface area (Å²) in [7, 11) is 0. The number of aromatic hydroxyl groups is 1. The molecule has 4 heteroatoms. The number of nitrogens with one attached hydrogen (secondary N) is 1. The van der Waals surface area contributed by atoms with Gasteiger partial charge in [0.25, 0.3) is 0 Å². The Bertz CT molecular complexity index is 511. The van der Waals surface area contributed by atoms with Crippen LogP contribution in [0.2, 0.25) is 5.02 Å². The maximum Gasteiger partial charge on any atom is 0.139 e. The van der Waals surface area contributed by atoms with Gasteiger partial charge >= 0.3 is 0 Å². The van der Waals surface area contributed by atoms with Crippen LogP contribution in [-0.2, 0) is 6.54 Å². The van der Waals surface area contributed by atoms with E-state index in [4.69, 9.17) is 11.6 Å². The molecule has 1 aromatic heterocycles. The smallest absolute Gasteiger partial charge is 0.139 e. The van der Waals surface area contributed by atoms with E-state index in [2.05, 4.69) is 10.3 Å². The second-order valence-corrected chi connectivity index (χ2v) is 4.20. The number of hydrogen-bond acceptors (Lipinski definition) is 3. The van der Waals surface area contributed by atoms with Gasteiger partial charge in [0.15, 0.2) is 0 Å². The Morgan fingerprint density at radius 1 is 1.29 bits per heavy atom. The number of hydrogen-bond donors (Lipinski definition) is 2. The molecular weight excluding hydrogens is 236 g/mol. The zero-order chi connectivity index (χ0) is 12.3. The molecule has 0 bridgehead atoms. The Kier molecular flexibility index (Phi) is 3.49. The Morgan fingerprint density at radius 3 is 2.82 bits per heavy atom. The lowest BCUT2D eigenvalue weighted by atomic mass is 10.2. The second-order valence-electron chi connectivity index (χ2n) is 3.79. The van der Waals surface area contributed by atoms with Gasteiger partial charge in [-0.05, 0) is 25.1 Å². The lowest BCUT2D eigenvalue weighted by Crippen LogP contribution is -2.00. The van der Waals surface area contributed by atoms with E-state index in [1.165, 1.54) is 0 Å². The molecule has 3 nitrogen and oxygen atoms in total. The molecule has 0 saturated carbocycles. The van der Waals surface area contributed by atoms with Gasteiger partial charge in [-0.25, -0.2) is 0 Å². The molecule has 0 radical (unpaired) electrons. The van der Waals surface area contributed by atoms with Gasteiger partial charge in [-0.2, -0.15) is 0 Å².